The third-order valence-corrected chi connectivity index (χ3v) is 3.37. The molecule has 0 saturated carbocycles. The summed E-state index contributed by atoms with van der Waals surface area (Å²) in [4.78, 5) is 0. The molecule has 94 valence electrons. The van der Waals surface area contributed by atoms with Gasteiger partial charge in [0.15, 0.2) is 0 Å². The van der Waals surface area contributed by atoms with Crippen molar-refractivity contribution in [3.8, 4) is 0 Å². The fourth-order valence-electron chi connectivity index (χ4n) is 2.71. The Morgan fingerprint density at radius 3 is 1.67 bits per heavy atom. The smallest absolute Gasteiger partial charge is 0.0182 e. The molecule has 1 nitrogen and oxygen atoms in total. The Balaban J connectivity index is 0. The van der Waals surface area contributed by atoms with E-state index in [-0.39, 0.29) is 29.5 Å². The standard InChI is InChI=1S/C13H29N.HI/c1-5-9-12(8-4)13(14,10-6-2)11-7-3;/h12H,5-11,14H2,1-4H3;1H. The SMILES string of the molecule is CCCC(CC)C(N)(CCC)CCC.I. The molecule has 2 N–H and O–H groups in total. The van der Waals surface area contributed by atoms with Crippen LogP contribution in [0.3, 0.4) is 0 Å². The first-order chi connectivity index (χ1) is 6.64. The molecule has 0 heterocycles. The van der Waals surface area contributed by atoms with Crippen molar-refractivity contribution in [2.45, 2.75) is 78.2 Å². The number of rotatable bonds is 8. The van der Waals surface area contributed by atoms with E-state index < -0.39 is 0 Å². The van der Waals surface area contributed by atoms with Crippen molar-refractivity contribution in [1.29, 1.82) is 0 Å². The van der Waals surface area contributed by atoms with Gasteiger partial charge in [-0.25, -0.2) is 0 Å². The fourth-order valence-corrected chi connectivity index (χ4v) is 2.71. The second-order valence-electron chi connectivity index (χ2n) is 4.63. The van der Waals surface area contributed by atoms with Crippen LogP contribution in [0.15, 0.2) is 0 Å². The molecule has 0 rings (SSSR count). The minimum atomic E-state index is 0. The van der Waals surface area contributed by atoms with Crippen LogP contribution in [0, 0.1) is 5.92 Å². The van der Waals surface area contributed by atoms with Crippen LogP contribution in [0.4, 0.5) is 0 Å². The van der Waals surface area contributed by atoms with E-state index in [2.05, 4.69) is 27.7 Å². The summed E-state index contributed by atoms with van der Waals surface area (Å²) in [6, 6.07) is 0. The molecule has 0 aliphatic heterocycles. The van der Waals surface area contributed by atoms with Crippen LogP contribution in [-0.2, 0) is 0 Å². The Morgan fingerprint density at radius 2 is 1.40 bits per heavy atom. The van der Waals surface area contributed by atoms with Crippen LogP contribution < -0.4 is 5.73 Å². The van der Waals surface area contributed by atoms with Crippen LogP contribution in [0.25, 0.3) is 0 Å². The second kappa shape index (κ2) is 9.88. The maximum atomic E-state index is 6.56. The molecular formula is C13H30IN. The first kappa shape index (κ1) is 18.1. The Labute approximate surface area is 114 Å². The Morgan fingerprint density at radius 1 is 0.933 bits per heavy atom. The van der Waals surface area contributed by atoms with Gasteiger partial charge in [0.25, 0.3) is 0 Å². The molecule has 1 atom stereocenters. The van der Waals surface area contributed by atoms with E-state index in [9.17, 15) is 0 Å². The zero-order valence-electron chi connectivity index (χ0n) is 11.0. The first-order valence-corrected chi connectivity index (χ1v) is 6.43. The van der Waals surface area contributed by atoms with Gasteiger partial charge < -0.3 is 5.73 Å². The van der Waals surface area contributed by atoms with Gasteiger partial charge in [0.2, 0.25) is 0 Å². The summed E-state index contributed by atoms with van der Waals surface area (Å²) in [5, 5.41) is 0. The molecule has 0 spiro atoms. The van der Waals surface area contributed by atoms with Gasteiger partial charge in [-0.1, -0.05) is 53.4 Å². The minimum Gasteiger partial charge on any atom is -0.325 e. The lowest BCUT2D eigenvalue weighted by molar-refractivity contribution is 0.210. The molecule has 0 radical (unpaired) electrons. The highest BCUT2D eigenvalue weighted by molar-refractivity contribution is 14.0. The first-order valence-electron chi connectivity index (χ1n) is 6.43. The van der Waals surface area contributed by atoms with Crippen molar-refractivity contribution in [2.75, 3.05) is 0 Å². The van der Waals surface area contributed by atoms with Crippen molar-refractivity contribution in [2.24, 2.45) is 11.7 Å². The van der Waals surface area contributed by atoms with Gasteiger partial charge in [0, 0.05) is 5.54 Å². The van der Waals surface area contributed by atoms with E-state index in [4.69, 9.17) is 5.73 Å². The molecule has 1 unspecified atom stereocenters. The van der Waals surface area contributed by atoms with E-state index in [1.54, 1.807) is 0 Å². The minimum absolute atomic E-state index is 0. The summed E-state index contributed by atoms with van der Waals surface area (Å²) < 4.78 is 0. The van der Waals surface area contributed by atoms with Gasteiger partial charge in [-0.05, 0) is 25.2 Å². The van der Waals surface area contributed by atoms with Crippen molar-refractivity contribution in [3.63, 3.8) is 0 Å². The van der Waals surface area contributed by atoms with E-state index in [0.717, 1.165) is 5.92 Å². The van der Waals surface area contributed by atoms with Crippen molar-refractivity contribution >= 4 is 24.0 Å². The summed E-state index contributed by atoms with van der Waals surface area (Å²) in [5.74, 6) is 0.729. The van der Waals surface area contributed by atoms with Crippen LogP contribution in [-0.4, -0.2) is 5.54 Å². The van der Waals surface area contributed by atoms with Gasteiger partial charge >= 0.3 is 0 Å². The molecule has 0 fully saturated rings. The topological polar surface area (TPSA) is 26.0 Å². The van der Waals surface area contributed by atoms with Gasteiger partial charge in [0.05, 0.1) is 0 Å². The largest absolute Gasteiger partial charge is 0.325 e. The Kier molecular flexibility index (Phi) is 11.9. The highest BCUT2D eigenvalue weighted by Gasteiger charge is 2.30. The van der Waals surface area contributed by atoms with Gasteiger partial charge in [-0.2, -0.15) is 0 Å². The molecule has 0 aromatic rings. The van der Waals surface area contributed by atoms with E-state index in [0.29, 0.717) is 0 Å². The zero-order chi connectivity index (χ0) is 11.0. The van der Waals surface area contributed by atoms with Crippen LogP contribution in [0.5, 0.6) is 0 Å². The molecule has 0 saturated heterocycles. The summed E-state index contributed by atoms with van der Waals surface area (Å²) in [6.07, 6.45) is 8.63. The molecule has 0 bridgehead atoms. The second-order valence-corrected chi connectivity index (χ2v) is 4.63. The number of hydrogen-bond donors (Lipinski definition) is 1. The predicted molar refractivity (Wildman–Crippen MR) is 80.8 cm³/mol. The molecule has 0 aliphatic rings. The lowest BCUT2D eigenvalue weighted by atomic mass is 9.74. The molecule has 2 heteroatoms. The summed E-state index contributed by atoms with van der Waals surface area (Å²) in [5.41, 5.74) is 6.68. The normalized spacial score (nSPS) is 13.4. The van der Waals surface area contributed by atoms with Crippen molar-refractivity contribution < 1.29 is 0 Å². The van der Waals surface area contributed by atoms with Gasteiger partial charge in [0.1, 0.15) is 0 Å². The predicted octanol–water partition coefficient (Wildman–Crippen LogP) is 4.73. The maximum Gasteiger partial charge on any atom is 0.0182 e. The summed E-state index contributed by atoms with van der Waals surface area (Å²) in [6.45, 7) is 9.04. The fraction of sp³-hybridized carbons (Fsp3) is 1.00. The third kappa shape index (κ3) is 6.10. The lowest BCUT2D eigenvalue weighted by Gasteiger charge is -2.37. The van der Waals surface area contributed by atoms with E-state index in [1.807, 2.05) is 0 Å². The third-order valence-electron chi connectivity index (χ3n) is 3.37. The van der Waals surface area contributed by atoms with E-state index in [1.165, 1.54) is 44.9 Å². The Hall–Kier alpha value is 0.690. The van der Waals surface area contributed by atoms with Gasteiger partial charge in [-0.15, -0.1) is 24.0 Å². The average Bonchev–Trinajstić information content (AvgIpc) is 2.14. The Bertz CT molecular complexity index is 130. The molecule has 0 aliphatic carbocycles. The highest BCUT2D eigenvalue weighted by Crippen LogP contribution is 2.31. The molecule has 0 amide bonds. The number of hydrogen-bond acceptors (Lipinski definition) is 1. The molecule has 15 heavy (non-hydrogen) atoms. The van der Waals surface area contributed by atoms with Crippen molar-refractivity contribution in [3.05, 3.63) is 0 Å². The zero-order valence-corrected chi connectivity index (χ0v) is 13.3. The molecule has 0 aromatic heterocycles. The van der Waals surface area contributed by atoms with Gasteiger partial charge in [-0.3, -0.25) is 0 Å². The molecule has 0 aromatic carbocycles. The number of halogens is 1. The van der Waals surface area contributed by atoms with E-state index >= 15 is 0 Å². The quantitative estimate of drug-likeness (QED) is 0.641. The highest BCUT2D eigenvalue weighted by atomic mass is 127. The van der Waals surface area contributed by atoms with Crippen molar-refractivity contribution in [1.82, 2.24) is 0 Å². The lowest BCUT2D eigenvalue weighted by Crippen LogP contribution is -2.46. The number of nitrogens with two attached hydrogens (primary N) is 1. The summed E-state index contributed by atoms with van der Waals surface area (Å²) >= 11 is 0. The van der Waals surface area contributed by atoms with Crippen LogP contribution in [0.2, 0.25) is 0 Å². The average molecular weight is 327 g/mol. The molecular weight excluding hydrogens is 297 g/mol. The monoisotopic (exact) mass is 327 g/mol. The van der Waals surface area contributed by atoms with Crippen LogP contribution in [0.1, 0.15) is 72.6 Å². The maximum absolute atomic E-state index is 6.56. The van der Waals surface area contributed by atoms with Crippen LogP contribution >= 0.6 is 24.0 Å². The summed E-state index contributed by atoms with van der Waals surface area (Å²) in [7, 11) is 0.